The van der Waals surface area contributed by atoms with E-state index in [4.69, 9.17) is 4.42 Å². The minimum absolute atomic E-state index is 0.119. The lowest BCUT2D eigenvalue weighted by atomic mass is 10.2. The Kier molecular flexibility index (Phi) is 4.17. The Morgan fingerprint density at radius 1 is 1.40 bits per heavy atom. The fourth-order valence-corrected chi connectivity index (χ4v) is 5.48. The topological polar surface area (TPSA) is 87.8 Å². The Morgan fingerprint density at radius 2 is 2.05 bits per heavy atom. The predicted molar refractivity (Wildman–Crippen MR) is 75.8 cm³/mol. The number of aryl methyl sites for hydroxylation is 2. The van der Waals surface area contributed by atoms with E-state index in [0.29, 0.717) is 18.8 Å². The van der Waals surface area contributed by atoms with Crippen molar-refractivity contribution in [1.29, 1.82) is 0 Å². The van der Waals surface area contributed by atoms with Gasteiger partial charge in [-0.15, -0.1) is 0 Å². The summed E-state index contributed by atoms with van der Waals surface area (Å²) >= 11 is 1.71. The van der Waals surface area contributed by atoms with Crippen LogP contribution < -0.4 is 0 Å². The van der Waals surface area contributed by atoms with Crippen LogP contribution in [0, 0.1) is 13.8 Å². The average molecular weight is 319 g/mol. The molecule has 0 radical (unpaired) electrons. The van der Waals surface area contributed by atoms with Crippen LogP contribution in [0.25, 0.3) is 0 Å². The molecule has 1 fully saturated rings. The molecule has 1 atom stereocenters. The van der Waals surface area contributed by atoms with Crippen molar-refractivity contribution in [3.63, 3.8) is 0 Å². The molecule has 0 bridgehead atoms. The zero-order chi connectivity index (χ0) is 15.1. The number of aromatic carboxylic acids is 1. The van der Waals surface area contributed by atoms with Crippen molar-refractivity contribution < 1.29 is 22.7 Å². The maximum atomic E-state index is 12.7. The zero-order valence-electron chi connectivity index (χ0n) is 11.5. The molecule has 112 valence electrons. The van der Waals surface area contributed by atoms with Gasteiger partial charge < -0.3 is 9.52 Å². The van der Waals surface area contributed by atoms with E-state index in [1.807, 2.05) is 6.92 Å². The van der Waals surface area contributed by atoms with Crippen molar-refractivity contribution in [1.82, 2.24) is 4.31 Å². The standard InChI is InChI=1S/C12H17NO5S2/c1-7-6-13(4-5-19-7)20(16,17)11-9(3)18-8(2)10(11)12(14)15/h7H,4-6H2,1-3H3,(H,14,15). The Bertz CT molecular complexity index is 635. The fraction of sp³-hybridized carbons (Fsp3) is 0.583. The second-order valence-electron chi connectivity index (χ2n) is 4.77. The lowest BCUT2D eigenvalue weighted by Crippen LogP contribution is -2.41. The van der Waals surface area contributed by atoms with Crippen LogP contribution in [-0.4, -0.2) is 47.9 Å². The number of thioether (sulfide) groups is 1. The van der Waals surface area contributed by atoms with Crippen LogP contribution in [0.5, 0.6) is 0 Å². The SMILES string of the molecule is Cc1oc(C)c(S(=O)(=O)N2CCSC(C)C2)c1C(=O)O. The maximum absolute atomic E-state index is 12.7. The van der Waals surface area contributed by atoms with Gasteiger partial charge in [-0.05, 0) is 13.8 Å². The minimum atomic E-state index is -3.84. The van der Waals surface area contributed by atoms with Gasteiger partial charge in [-0.1, -0.05) is 6.92 Å². The number of sulfonamides is 1. The summed E-state index contributed by atoms with van der Waals surface area (Å²) < 4.78 is 31.9. The Morgan fingerprint density at radius 3 is 2.60 bits per heavy atom. The number of carbonyl (C=O) groups is 1. The highest BCUT2D eigenvalue weighted by molar-refractivity contribution is 8.00. The molecule has 1 aromatic heterocycles. The first-order valence-corrected chi connectivity index (χ1v) is 8.69. The summed E-state index contributed by atoms with van der Waals surface area (Å²) in [7, 11) is -3.84. The highest BCUT2D eigenvalue weighted by Gasteiger charge is 2.36. The summed E-state index contributed by atoms with van der Waals surface area (Å²) in [4.78, 5) is 11.1. The molecule has 1 aliphatic rings. The molecule has 1 N–H and O–H groups in total. The zero-order valence-corrected chi connectivity index (χ0v) is 13.2. The average Bonchev–Trinajstić information content (AvgIpc) is 2.64. The van der Waals surface area contributed by atoms with Crippen molar-refractivity contribution in [3.05, 3.63) is 17.1 Å². The number of nitrogens with zero attached hydrogens (tertiary/aromatic N) is 1. The second kappa shape index (κ2) is 5.42. The van der Waals surface area contributed by atoms with E-state index in [9.17, 15) is 18.3 Å². The lowest BCUT2D eigenvalue weighted by Gasteiger charge is -2.29. The van der Waals surface area contributed by atoms with Crippen molar-refractivity contribution in [2.24, 2.45) is 0 Å². The molecule has 0 spiro atoms. The van der Waals surface area contributed by atoms with Gasteiger partial charge in [-0.25, -0.2) is 13.2 Å². The Hall–Kier alpha value is -0.990. The number of carboxylic acid groups (broad SMARTS) is 1. The molecule has 1 unspecified atom stereocenters. The van der Waals surface area contributed by atoms with Crippen molar-refractivity contribution in [2.75, 3.05) is 18.8 Å². The molecule has 1 aliphatic heterocycles. The highest BCUT2D eigenvalue weighted by atomic mass is 32.2. The third-order valence-corrected chi connectivity index (χ3v) is 6.38. The van der Waals surface area contributed by atoms with Gasteiger partial charge in [0.25, 0.3) is 0 Å². The van der Waals surface area contributed by atoms with Crippen LogP contribution in [0.2, 0.25) is 0 Å². The predicted octanol–water partition coefficient (Wildman–Crippen LogP) is 1.72. The van der Waals surface area contributed by atoms with Gasteiger partial charge in [0.05, 0.1) is 0 Å². The molecular weight excluding hydrogens is 302 g/mol. The molecule has 8 heteroatoms. The van der Waals surface area contributed by atoms with Crippen LogP contribution in [0.4, 0.5) is 0 Å². The second-order valence-corrected chi connectivity index (χ2v) is 8.19. The molecular formula is C12H17NO5S2. The number of hydrogen-bond donors (Lipinski definition) is 1. The van der Waals surface area contributed by atoms with Gasteiger partial charge >= 0.3 is 5.97 Å². The summed E-state index contributed by atoms with van der Waals surface area (Å²) in [5, 5.41) is 9.42. The summed E-state index contributed by atoms with van der Waals surface area (Å²) in [6.45, 7) is 5.67. The monoisotopic (exact) mass is 319 g/mol. The van der Waals surface area contributed by atoms with Gasteiger partial charge in [-0.2, -0.15) is 16.1 Å². The summed E-state index contributed by atoms with van der Waals surface area (Å²) in [5.74, 6) is -0.324. The number of carboxylic acids is 1. The molecule has 0 saturated carbocycles. The Labute approximate surface area is 122 Å². The van der Waals surface area contributed by atoms with Crippen LogP contribution >= 0.6 is 11.8 Å². The number of rotatable bonds is 3. The maximum Gasteiger partial charge on any atom is 0.340 e. The summed E-state index contributed by atoms with van der Waals surface area (Å²) in [5.41, 5.74) is -0.256. The van der Waals surface area contributed by atoms with Crippen LogP contribution in [0.1, 0.15) is 28.8 Å². The molecule has 2 rings (SSSR count). The molecule has 6 nitrogen and oxygen atoms in total. The van der Waals surface area contributed by atoms with E-state index in [1.54, 1.807) is 11.8 Å². The van der Waals surface area contributed by atoms with Gasteiger partial charge in [0.15, 0.2) is 0 Å². The first kappa shape index (κ1) is 15.4. The van der Waals surface area contributed by atoms with E-state index < -0.39 is 16.0 Å². The first-order chi connectivity index (χ1) is 9.25. The molecule has 20 heavy (non-hydrogen) atoms. The fourth-order valence-electron chi connectivity index (χ4n) is 2.36. The van der Waals surface area contributed by atoms with Gasteiger partial charge in [0.2, 0.25) is 10.0 Å². The first-order valence-electron chi connectivity index (χ1n) is 6.20. The van der Waals surface area contributed by atoms with Crippen molar-refractivity contribution in [3.8, 4) is 0 Å². The quantitative estimate of drug-likeness (QED) is 0.912. The third kappa shape index (κ3) is 2.59. The van der Waals surface area contributed by atoms with E-state index in [0.717, 1.165) is 0 Å². The van der Waals surface area contributed by atoms with E-state index in [2.05, 4.69) is 0 Å². The Balaban J connectivity index is 2.52. The van der Waals surface area contributed by atoms with Crippen LogP contribution in [-0.2, 0) is 10.0 Å². The number of furan rings is 1. The lowest BCUT2D eigenvalue weighted by molar-refractivity contribution is 0.0691. The van der Waals surface area contributed by atoms with Crippen LogP contribution in [0.3, 0.4) is 0 Å². The third-order valence-electron chi connectivity index (χ3n) is 3.22. The minimum Gasteiger partial charge on any atom is -0.478 e. The van der Waals surface area contributed by atoms with Gasteiger partial charge in [-0.3, -0.25) is 0 Å². The molecule has 0 amide bonds. The number of hydrogen-bond acceptors (Lipinski definition) is 5. The van der Waals surface area contributed by atoms with E-state index >= 15 is 0 Å². The molecule has 1 saturated heterocycles. The molecule has 0 aliphatic carbocycles. The molecule has 1 aromatic rings. The normalized spacial score (nSPS) is 21.1. The van der Waals surface area contributed by atoms with Crippen molar-refractivity contribution in [2.45, 2.75) is 30.9 Å². The van der Waals surface area contributed by atoms with E-state index in [-0.39, 0.29) is 27.2 Å². The smallest absolute Gasteiger partial charge is 0.340 e. The molecule has 2 heterocycles. The van der Waals surface area contributed by atoms with Gasteiger partial charge in [0.1, 0.15) is 22.0 Å². The van der Waals surface area contributed by atoms with Crippen molar-refractivity contribution >= 4 is 27.8 Å². The summed E-state index contributed by atoms with van der Waals surface area (Å²) in [6, 6.07) is 0. The largest absolute Gasteiger partial charge is 0.478 e. The van der Waals surface area contributed by atoms with E-state index in [1.165, 1.54) is 18.2 Å². The van der Waals surface area contributed by atoms with Gasteiger partial charge in [0, 0.05) is 24.1 Å². The molecule has 0 aromatic carbocycles. The summed E-state index contributed by atoms with van der Waals surface area (Å²) in [6.07, 6.45) is 0. The van der Waals surface area contributed by atoms with Crippen LogP contribution in [0.15, 0.2) is 9.31 Å². The highest BCUT2D eigenvalue weighted by Crippen LogP contribution is 2.31.